The second kappa shape index (κ2) is 8.93. The number of rotatable bonds is 7. The van der Waals surface area contributed by atoms with Crippen molar-refractivity contribution in [3.05, 3.63) is 11.1 Å². The molecule has 2 atom stereocenters. The van der Waals surface area contributed by atoms with Crippen LogP contribution in [0.3, 0.4) is 0 Å². The molecular weight excluding hydrogens is 441 g/mol. The molecule has 13 nitrogen and oxygen atoms in total. The van der Waals surface area contributed by atoms with Crippen molar-refractivity contribution in [3.8, 4) is 0 Å². The second-order valence-electron chi connectivity index (χ2n) is 6.22. The SMILES string of the molecule is C[C@H]1[C@H](NC(=O)/C(=N\OC(C)(C)C(=O)O)c2csc(N)n2)C(=O)N1S(=O)(=O)O.[NaH]. The Hall–Kier alpha value is -1.78. The van der Waals surface area contributed by atoms with E-state index in [4.69, 9.17) is 20.2 Å². The van der Waals surface area contributed by atoms with Gasteiger partial charge in [-0.2, -0.15) is 8.42 Å². The van der Waals surface area contributed by atoms with Crippen LogP contribution in [0.2, 0.25) is 0 Å². The number of hydrogen-bond donors (Lipinski definition) is 4. The van der Waals surface area contributed by atoms with E-state index in [1.165, 1.54) is 26.2 Å². The van der Waals surface area contributed by atoms with E-state index in [-0.39, 0.29) is 44.7 Å². The predicted octanol–water partition coefficient (Wildman–Crippen LogP) is -1.82. The number of carboxylic acid groups (broad SMARTS) is 1. The minimum atomic E-state index is -4.76. The number of β-lactam (4-membered cyclic amide) rings is 1. The average molecular weight is 459 g/mol. The topological polar surface area (TPSA) is 202 Å². The fourth-order valence-electron chi connectivity index (χ4n) is 2.11. The molecule has 2 rings (SSSR count). The first-order valence-corrected chi connectivity index (χ1v) is 9.86. The summed E-state index contributed by atoms with van der Waals surface area (Å²) < 4.78 is 31.4. The molecule has 5 N–H and O–H groups in total. The molecule has 0 radical (unpaired) electrons. The van der Waals surface area contributed by atoms with Gasteiger partial charge in [0.2, 0.25) is 5.60 Å². The van der Waals surface area contributed by atoms with Crippen molar-refractivity contribution in [2.75, 3.05) is 5.73 Å². The molecule has 2 heterocycles. The number of amides is 2. The molecule has 1 saturated heterocycles. The zero-order chi connectivity index (χ0) is 21.4. The maximum atomic E-state index is 12.6. The molecule has 16 heteroatoms. The van der Waals surface area contributed by atoms with Gasteiger partial charge in [0, 0.05) is 5.38 Å². The molecule has 1 aromatic rings. The van der Waals surface area contributed by atoms with Crippen LogP contribution in [-0.2, 0) is 29.5 Å². The molecule has 0 bridgehead atoms. The molecular formula is C13H18N5NaO8S2. The second-order valence-corrected chi connectivity index (χ2v) is 8.40. The van der Waals surface area contributed by atoms with Gasteiger partial charge >= 0.3 is 45.8 Å². The summed E-state index contributed by atoms with van der Waals surface area (Å²) in [7, 11) is -4.76. The van der Waals surface area contributed by atoms with Gasteiger partial charge in [-0.3, -0.25) is 14.1 Å². The number of carbonyl (C=O) groups excluding carboxylic acids is 2. The Labute approximate surface area is 191 Å². The van der Waals surface area contributed by atoms with Crippen LogP contribution in [0.15, 0.2) is 10.5 Å². The van der Waals surface area contributed by atoms with E-state index in [0.717, 1.165) is 11.3 Å². The summed E-state index contributed by atoms with van der Waals surface area (Å²) in [6, 6.07) is -2.31. The summed E-state index contributed by atoms with van der Waals surface area (Å²) in [6.07, 6.45) is 0. The summed E-state index contributed by atoms with van der Waals surface area (Å²) in [5.41, 5.74) is 3.26. The van der Waals surface area contributed by atoms with Crippen molar-refractivity contribution in [3.63, 3.8) is 0 Å². The quantitative estimate of drug-likeness (QED) is 0.118. The van der Waals surface area contributed by atoms with Gasteiger partial charge in [0.25, 0.3) is 11.8 Å². The first kappa shape index (κ1) is 25.3. The van der Waals surface area contributed by atoms with E-state index < -0.39 is 51.5 Å². The Morgan fingerprint density at radius 3 is 2.45 bits per heavy atom. The van der Waals surface area contributed by atoms with Gasteiger partial charge < -0.3 is 21.0 Å². The molecule has 0 spiro atoms. The number of aliphatic carboxylic acids is 1. The Bertz CT molecular complexity index is 960. The van der Waals surface area contributed by atoms with Gasteiger partial charge in [0.05, 0.1) is 6.04 Å². The van der Waals surface area contributed by atoms with Crippen molar-refractivity contribution >= 4 is 79.8 Å². The summed E-state index contributed by atoms with van der Waals surface area (Å²) in [6.45, 7) is 3.69. The van der Waals surface area contributed by atoms with Crippen LogP contribution < -0.4 is 11.1 Å². The first-order chi connectivity index (χ1) is 12.8. The summed E-state index contributed by atoms with van der Waals surface area (Å²) in [5.74, 6) is -3.38. The number of oxime groups is 1. The Balaban J connectivity index is 0.00000420. The van der Waals surface area contributed by atoms with Gasteiger partial charge in [0.1, 0.15) is 11.7 Å². The molecule has 2 amide bonds. The number of anilines is 1. The number of carbonyl (C=O) groups is 3. The molecule has 1 aliphatic rings. The van der Waals surface area contributed by atoms with E-state index in [2.05, 4.69) is 15.5 Å². The van der Waals surface area contributed by atoms with Gasteiger partial charge in [0.15, 0.2) is 10.8 Å². The third-order valence-electron chi connectivity index (χ3n) is 3.73. The number of thiazole rings is 1. The van der Waals surface area contributed by atoms with Crippen LogP contribution in [0.5, 0.6) is 0 Å². The van der Waals surface area contributed by atoms with Crippen LogP contribution in [0.25, 0.3) is 0 Å². The first-order valence-electron chi connectivity index (χ1n) is 7.58. The van der Waals surface area contributed by atoms with Gasteiger partial charge in [-0.15, -0.1) is 11.3 Å². The monoisotopic (exact) mass is 459 g/mol. The fraction of sp³-hybridized carbons (Fsp3) is 0.462. The molecule has 1 aliphatic heterocycles. The van der Waals surface area contributed by atoms with E-state index in [1.807, 2.05) is 0 Å². The number of hydrogen-bond acceptors (Lipinski definition) is 10. The summed E-state index contributed by atoms with van der Waals surface area (Å²) in [5, 5.41) is 16.3. The van der Waals surface area contributed by atoms with Crippen LogP contribution in [0, 0.1) is 0 Å². The van der Waals surface area contributed by atoms with Crippen molar-refractivity contribution in [1.82, 2.24) is 14.6 Å². The number of carboxylic acids is 1. The van der Waals surface area contributed by atoms with Crippen molar-refractivity contribution in [2.45, 2.75) is 38.5 Å². The standard InChI is InChI=1S/C13H17N5O8S2.Na.H/c1-5-7(10(20)18(5)28(23,24)25)16-9(19)8(6-4-27-12(14)15-6)17-26-13(2,3)11(21)22;;/h4-5,7H,1-3H3,(H2,14,15)(H,16,19)(H,21,22)(H,23,24,25);;/b17-8-;;/t5-,7-;;/m0../s1. The zero-order valence-electron chi connectivity index (χ0n) is 14.8. The van der Waals surface area contributed by atoms with Crippen molar-refractivity contribution in [1.29, 1.82) is 0 Å². The average Bonchev–Trinajstić information content (AvgIpc) is 2.97. The van der Waals surface area contributed by atoms with E-state index in [0.29, 0.717) is 0 Å². The number of nitrogens with one attached hydrogen (secondary N) is 1. The van der Waals surface area contributed by atoms with Crippen LogP contribution in [0.1, 0.15) is 26.5 Å². The number of aromatic nitrogens is 1. The van der Waals surface area contributed by atoms with Crippen LogP contribution in [-0.4, -0.2) is 98.1 Å². The third kappa shape index (κ3) is 5.43. The molecule has 0 unspecified atom stereocenters. The summed E-state index contributed by atoms with van der Waals surface area (Å²) in [4.78, 5) is 44.4. The van der Waals surface area contributed by atoms with E-state index in [9.17, 15) is 22.8 Å². The molecule has 0 saturated carbocycles. The van der Waals surface area contributed by atoms with E-state index >= 15 is 0 Å². The number of nitrogens with zero attached hydrogens (tertiary/aromatic N) is 3. The van der Waals surface area contributed by atoms with Gasteiger partial charge in [-0.25, -0.2) is 14.1 Å². The number of nitrogens with two attached hydrogens (primary N) is 1. The minimum absolute atomic E-state index is 0. The number of nitrogen functional groups attached to an aromatic ring is 1. The van der Waals surface area contributed by atoms with E-state index in [1.54, 1.807) is 0 Å². The van der Waals surface area contributed by atoms with Crippen LogP contribution in [0.4, 0.5) is 5.13 Å². The molecule has 0 aromatic carbocycles. The van der Waals surface area contributed by atoms with Crippen molar-refractivity contribution < 1.29 is 37.3 Å². The maximum absolute atomic E-state index is 12.6. The predicted molar refractivity (Wildman–Crippen MR) is 103 cm³/mol. The Kier molecular flexibility index (Phi) is 7.78. The Morgan fingerprint density at radius 2 is 2.03 bits per heavy atom. The molecule has 1 aromatic heterocycles. The molecule has 29 heavy (non-hydrogen) atoms. The fourth-order valence-corrected chi connectivity index (χ4v) is 3.54. The Morgan fingerprint density at radius 1 is 1.45 bits per heavy atom. The van der Waals surface area contributed by atoms with Crippen LogP contribution >= 0.6 is 11.3 Å². The van der Waals surface area contributed by atoms with Gasteiger partial charge in [-0.05, 0) is 20.8 Å². The van der Waals surface area contributed by atoms with Crippen molar-refractivity contribution in [2.24, 2.45) is 5.16 Å². The van der Waals surface area contributed by atoms with Gasteiger partial charge in [-0.1, -0.05) is 5.16 Å². The summed E-state index contributed by atoms with van der Waals surface area (Å²) >= 11 is 0.980. The molecule has 0 aliphatic carbocycles. The molecule has 1 fully saturated rings. The zero-order valence-corrected chi connectivity index (χ0v) is 16.4. The normalized spacial score (nSPS) is 19.8. The third-order valence-corrected chi connectivity index (χ3v) is 5.41. The molecule has 156 valence electrons.